The quantitative estimate of drug-likeness (QED) is 0.813. The molecule has 7 heteroatoms. The summed E-state index contributed by atoms with van der Waals surface area (Å²) in [7, 11) is 1.77. The van der Waals surface area contributed by atoms with Gasteiger partial charge in [0.1, 0.15) is 5.54 Å². The van der Waals surface area contributed by atoms with Gasteiger partial charge in [-0.05, 0) is 45.9 Å². The lowest BCUT2D eigenvalue weighted by atomic mass is 9.89. The van der Waals surface area contributed by atoms with Crippen molar-refractivity contribution >= 4 is 29.1 Å². The molecule has 28 heavy (non-hydrogen) atoms. The van der Waals surface area contributed by atoms with Crippen LogP contribution in [0, 0.1) is 0 Å². The smallest absolute Gasteiger partial charge is 0.250 e. The number of hydrogen-bond acceptors (Lipinski definition) is 4. The Morgan fingerprint density at radius 3 is 2.39 bits per heavy atom. The van der Waals surface area contributed by atoms with Crippen LogP contribution in [0.25, 0.3) is 0 Å². The highest BCUT2D eigenvalue weighted by Gasteiger charge is 2.52. The predicted octanol–water partition coefficient (Wildman–Crippen LogP) is 2.08. The van der Waals surface area contributed by atoms with Crippen molar-refractivity contribution in [2.75, 3.05) is 43.4 Å². The molecule has 2 aliphatic rings. The van der Waals surface area contributed by atoms with E-state index in [-0.39, 0.29) is 30.8 Å². The second-order valence-electron chi connectivity index (χ2n) is 7.68. The zero-order valence-electron chi connectivity index (χ0n) is 17.0. The van der Waals surface area contributed by atoms with E-state index in [1.165, 1.54) is 0 Å². The summed E-state index contributed by atoms with van der Waals surface area (Å²) in [4.78, 5) is 43.9. The molecule has 1 aromatic rings. The molecule has 1 saturated carbocycles. The average molecular weight is 386 g/mol. The lowest BCUT2D eigenvalue weighted by molar-refractivity contribution is -0.133. The Morgan fingerprint density at radius 1 is 1.11 bits per heavy atom. The molecule has 152 valence electrons. The number of anilines is 2. The molecule has 1 aliphatic carbocycles. The normalized spacial score (nSPS) is 17.6. The number of amides is 3. The molecule has 1 aromatic carbocycles. The third-order valence-electron chi connectivity index (χ3n) is 5.85. The molecule has 1 spiro atoms. The summed E-state index contributed by atoms with van der Waals surface area (Å²) < 4.78 is 0. The zero-order valence-corrected chi connectivity index (χ0v) is 17.0. The average Bonchev–Trinajstić information content (AvgIpc) is 3.14. The maximum absolute atomic E-state index is 13.3. The minimum Gasteiger partial charge on any atom is -0.342 e. The number of benzene rings is 1. The second kappa shape index (κ2) is 8.31. The van der Waals surface area contributed by atoms with E-state index in [2.05, 4.69) is 5.32 Å². The summed E-state index contributed by atoms with van der Waals surface area (Å²) in [5.74, 6) is -0.231. The number of fused-ring (bicyclic) bond motifs is 1. The summed E-state index contributed by atoms with van der Waals surface area (Å²) in [6, 6.07) is 7.44. The number of carbonyl (C=O) groups is 3. The van der Waals surface area contributed by atoms with Gasteiger partial charge in [0.2, 0.25) is 11.8 Å². The van der Waals surface area contributed by atoms with E-state index in [4.69, 9.17) is 0 Å². The lowest BCUT2D eigenvalue weighted by Gasteiger charge is -2.44. The topological polar surface area (TPSA) is 73.0 Å². The molecule has 0 radical (unpaired) electrons. The molecular formula is C21H30N4O3. The van der Waals surface area contributed by atoms with Crippen LogP contribution in [0.5, 0.6) is 0 Å². The monoisotopic (exact) mass is 386 g/mol. The van der Waals surface area contributed by atoms with Gasteiger partial charge in [0.15, 0.2) is 0 Å². The summed E-state index contributed by atoms with van der Waals surface area (Å²) in [5.41, 5.74) is 0.604. The summed E-state index contributed by atoms with van der Waals surface area (Å²) in [6.45, 7) is 5.47. The van der Waals surface area contributed by atoms with Crippen molar-refractivity contribution in [3.63, 3.8) is 0 Å². The molecule has 0 unspecified atom stereocenters. The highest BCUT2D eigenvalue weighted by molar-refractivity contribution is 6.15. The van der Waals surface area contributed by atoms with E-state index in [0.717, 1.165) is 18.5 Å². The first-order valence-corrected chi connectivity index (χ1v) is 10.1. The fourth-order valence-electron chi connectivity index (χ4n) is 4.39. The maximum atomic E-state index is 13.3. The summed E-state index contributed by atoms with van der Waals surface area (Å²) in [5, 5.41) is 2.99. The van der Waals surface area contributed by atoms with E-state index in [1.807, 2.05) is 38.1 Å². The van der Waals surface area contributed by atoms with Gasteiger partial charge in [-0.15, -0.1) is 0 Å². The van der Waals surface area contributed by atoms with Gasteiger partial charge in [-0.25, -0.2) is 0 Å². The molecule has 0 bridgehead atoms. The first kappa shape index (κ1) is 20.3. The number of hydrogen-bond donors (Lipinski definition) is 1. The van der Waals surface area contributed by atoms with Crippen molar-refractivity contribution in [3.05, 3.63) is 24.3 Å². The van der Waals surface area contributed by atoms with Crippen LogP contribution in [0.3, 0.4) is 0 Å². The molecule has 0 saturated heterocycles. The maximum Gasteiger partial charge on any atom is 0.250 e. The molecule has 1 N–H and O–H groups in total. The molecule has 3 amide bonds. The third kappa shape index (κ3) is 3.63. The molecule has 1 fully saturated rings. The molecular weight excluding hydrogens is 356 g/mol. The van der Waals surface area contributed by atoms with Crippen molar-refractivity contribution < 1.29 is 14.4 Å². The van der Waals surface area contributed by atoms with E-state index in [1.54, 1.807) is 21.7 Å². The minimum atomic E-state index is -0.810. The molecule has 3 rings (SSSR count). The molecule has 7 nitrogen and oxygen atoms in total. The third-order valence-corrected chi connectivity index (χ3v) is 5.85. The lowest BCUT2D eigenvalue weighted by Crippen LogP contribution is -2.62. The van der Waals surface area contributed by atoms with Crippen molar-refractivity contribution in [1.82, 2.24) is 9.80 Å². The Bertz CT molecular complexity index is 754. The van der Waals surface area contributed by atoms with E-state index >= 15 is 0 Å². The fraction of sp³-hybridized carbons (Fsp3) is 0.571. The van der Waals surface area contributed by atoms with Gasteiger partial charge < -0.3 is 10.2 Å². The van der Waals surface area contributed by atoms with Crippen molar-refractivity contribution in [1.29, 1.82) is 0 Å². The van der Waals surface area contributed by atoms with Gasteiger partial charge in [-0.1, -0.05) is 25.0 Å². The second-order valence-corrected chi connectivity index (χ2v) is 7.68. The largest absolute Gasteiger partial charge is 0.342 e. The number of nitrogens with one attached hydrogen (secondary N) is 1. The van der Waals surface area contributed by atoms with Crippen molar-refractivity contribution in [2.45, 2.75) is 45.1 Å². The Labute approximate surface area is 166 Å². The number of carbonyl (C=O) groups excluding carboxylic acids is 3. The van der Waals surface area contributed by atoms with Crippen LogP contribution < -0.4 is 10.2 Å². The SMILES string of the molecule is CCN(CC)C(=O)CN(C)CC(=O)N1c2ccccc2NC(=O)C12CCCC2. The van der Waals surface area contributed by atoms with Crippen LogP contribution in [0.15, 0.2) is 24.3 Å². The standard InChI is InChI=1S/C21H30N4O3/c1-4-24(5-2)18(26)14-23(3)15-19(27)25-17-11-7-6-10-16(17)22-20(28)21(25)12-8-9-13-21/h6-7,10-11H,4-5,8-9,12-15H2,1-3H3,(H,22,28). The van der Waals surface area contributed by atoms with Gasteiger partial charge in [0, 0.05) is 13.1 Å². The fourth-order valence-corrected chi connectivity index (χ4v) is 4.39. The first-order chi connectivity index (χ1) is 13.4. The van der Waals surface area contributed by atoms with E-state index in [9.17, 15) is 14.4 Å². The highest BCUT2D eigenvalue weighted by Crippen LogP contribution is 2.45. The number of likely N-dealkylation sites (N-methyl/N-ethyl adjacent to an activating group) is 2. The van der Waals surface area contributed by atoms with Crippen molar-refractivity contribution in [2.24, 2.45) is 0 Å². The molecule has 1 aliphatic heterocycles. The van der Waals surface area contributed by atoms with Gasteiger partial charge in [0.05, 0.1) is 24.5 Å². The zero-order chi connectivity index (χ0) is 20.3. The first-order valence-electron chi connectivity index (χ1n) is 10.1. The van der Waals surface area contributed by atoms with Gasteiger partial charge in [-0.3, -0.25) is 24.2 Å². The van der Waals surface area contributed by atoms with Gasteiger partial charge in [-0.2, -0.15) is 0 Å². The number of nitrogens with zero attached hydrogens (tertiary/aromatic N) is 3. The van der Waals surface area contributed by atoms with Crippen LogP contribution >= 0.6 is 0 Å². The Balaban J connectivity index is 1.82. The van der Waals surface area contributed by atoms with Gasteiger partial charge in [0.25, 0.3) is 5.91 Å². The van der Waals surface area contributed by atoms with Crippen LogP contribution in [0.4, 0.5) is 11.4 Å². The van der Waals surface area contributed by atoms with E-state index in [0.29, 0.717) is 31.6 Å². The van der Waals surface area contributed by atoms with Crippen molar-refractivity contribution in [3.8, 4) is 0 Å². The molecule has 0 aromatic heterocycles. The summed E-state index contributed by atoms with van der Waals surface area (Å²) >= 11 is 0. The Kier molecular flexibility index (Phi) is 6.03. The van der Waals surface area contributed by atoms with Crippen LogP contribution in [-0.2, 0) is 14.4 Å². The molecule has 0 atom stereocenters. The van der Waals surface area contributed by atoms with Gasteiger partial charge >= 0.3 is 0 Å². The minimum absolute atomic E-state index is 0.00710. The summed E-state index contributed by atoms with van der Waals surface area (Å²) in [6.07, 6.45) is 3.19. The van der Waals surface area contributed by atoms with E-state index < -0.39 is 5.54 Å². The highest BCUT2D eigenvalue weighted by atomic mass is 16.2. The Hall–Kier alpha value is -2.41. The molecule has 1 heterocycles. The van der Waals surface area contributed by atoms with Crippen LogP contribution in [-0.4, -0.2) is 66.3 Å². The number of rotatable bonds is 6. The Morgan fingerprint density at radius 2 is 1.75 bits per heavy atom. The van der Waals surface area contributed by atoms with Crippen LogP contribution in [0.2, 0.25) is 0 Å². The number of para-hydroxylation sites is 2. The predicted molar refractivity (Wildman–Crippen MR) is 109 cm³/mol. The van der Waals surface area contributed by atoms with Crippen LogP contribution in [0.1, 0.15) is 39.5 Å².